The minimum absolute atomic E-state index is 1.04. The van der Waals surface area contributed by atoms with E-state index in [2.05, 4.69) is 52.0 Å². The van der Waals surface area contributed by atoms with Gasteiger partial charge in [0.2, 0.25) is 0 Å². The molecule has 1 fully saturated rings. The zero-order chi connectivity index (χ0) is 13.9. The first-order chi connectivity index (χ1) is 9.78. The number of pyridine rings is 1. The van der Waals surface area contributed by atoms with Crippen LogP contribution >= 0.6 is 11.3 Å². The Labute approximate surface area is 124 Å². The minimum atomic E-state index is 1.04. The fraction of sp³-hybridized carbons (Fsp3) is 0.312. The molecule has 1 saturated heterocycles. The van der Waals surface area contributed by atoms with Gasteiger partial charge in [0.25, 0.3) is 0 Å². The van der Waals surface area contributed by atoms with Crippen LogP contribution in [-0.4, -0.2) is 43.1 Å². The molecule has 0 bridgehead atoms. The average Bonchev–Trinajstić information content (AvgIpc) is 2.96. The van der Waals surface area contributed by atoms with Gasteiger partial charge in [-0.15, -0.1) is 11.3 Å². The molecule has 1 aliphatic rings. The Balaban J connectivity index is 1.88. The smallest absolute Gasteiger partial charge is 0.0737 e. The van der Waals surface area contributed by atoms with Gasteiger partial charge in [0.15, 0.2) is 0 Å². The Bertz CT molecular complexity index is 597. The molecule has 0 radical (unpaired) electrons. The summed E-state index contributed by atoms with van der Waals surface area (Å²) < 4.78 is 0. The SMILES string of the molecule is C=Cc1sccc1-c1cc(N2CCN(C)CC2)ccn1. The molecule has 0 aromatic carbocycles. The second-order valence-corrected chi connectivity index (χ2v) is 6.04. The van der Waals surface area contributed by atoms with E-state index in [1.165, 1.54) is 16.1 Å². The van der Waals surface area contributed by atoms with Crippen molar-refractivity contribution in [2.45, 2.75) is 0 Å². The lowest BCUT2D eigenvalue weighted by Gasteiger charge is -2.34. The zero-order valence-corrected chi connectivity index (χ0v) is 12.6. The van der Waals surface area contributed by atoms with Crippen LogP contribution in [0.1, 0.15) is 4.88 Å². The highest BCUT2D eigenvalue weighted by Gasteiger charge is 2.15. The van der Waals surface area contributed by atoms with Gasteiger partial charge in [0.1, 0.15) is 0 Å². The van der Waals surface area contributed by atoms with Gasteiger partial charge in [-0.3, -0.25) is 4.98 Å². The summed E-state index contributed by atoms with van der Waals surface area (Å²) in [5.74, 6) is 0. The van der Waals surface area contributed by atoms with Crippen molar-refractivity contribution in [1.82, 2.24) is 9.88 Å². The highest BCUT2D eigenvalue weighted by atomic mass is 32.1. The molecule has 3 heterocycles. The van der Waals surface area contributed by atoms with Gasteiger partial charge in [-0.05, 0) is 30.6 Å². The monoisotopic (exact) mass is 285 g/mol. The number of anilines is 1. The second-order valence-electron chi connectivity index (χ2n) is 5.09. The molecule has 0 saturated carbocycles. The third kappa shape index (κ3) is 2.62. The molecule has 20 heavy (non-hydrogen) atoms. The van der Waals surface area contributed by atoms with Crippen LogP contribution in [0.25, 0.3) is 17.3 Å². The van der Waals surface area contributed by atoms with Gasteiger partial charge in [-0.25, -0.2) is 0 Å². The van der Waals surface area contributed by atoms with Crippen LogP contribution in [0.3, 0.4) is 0 Å². The molecule has 0 N–H and O–H groups in total. The Morgan fingerprint density at radius 3 is 2.80 bits per heavy atom. The third-order valence-electron chi connectivity index (χ3n) is 3.77. The number of rotatable bonds is 3. The largest absolute Gasteiger partial charge is 0.369 e. The van der Waals surface area contributed by atoms with Crippen LogP contribution in [0.5, 0.6) is 0 Å². The van der Waals surface area contributed by atoms with Crippen molar-refractivity contribution in [3.8, 4) is 11.3 Å². The Kier molecular flexibility index (Phi) is 3.85. The summed E-state index contributed by atoms with van der Waals surface area (Å²) in [5, 5.41) is 2.09. The van der Waals surface area contributed by atoms with E-state index in [0.29, 0.717) is 0 Å². The molecule has 1 aliphatic heterocycles. The predicted octanol–water partition coefficient (Wildman–Crippen LogP) is 3.20. The van der Waals surface area contributed by atoms with E-state index in [1.54, 1.807) is 11.3 Å². The standard InChI is InChI=1S/C16H19N3S/c1-3-16-14(5-11-20-16)15-12-13(4-6-17-15)19-9-7-18(2)8-10-19/h3-6,11-12H,1,7-10H2,2H3. The molecule has 0 aliphatic carbocycles. The van der Waals surface area contributed by atoms with Crippen LogP contribution in [0.4, 0.5) is 5.69 Å². The van der Waals surface area contributed by atoms with Gasteiger partial charge in [-0.1, -0.05) is 12.7 Å². The maximum Gasteiger partial charge on any atom is 0.0737 e. The first-order valence-electron chi connectivity index (χ1n) is 6.88. The Hall–Kier alpha value is -1.65. The van der Waals surface area contributed by atoms with Gasteiger partial charge in [0, 0.05) is 48.5 Å². The molecule has 4 heteroatoms. The second kappa shape index (κ2) is 5.77. The van der Waals surface area contributed by atoms with Crippen molar-refractivity contribution in [3.63, 3.8) is 0 Å². The number of piperazine rings is 1. The fourth-order valence-electron chi connectivity index (χ4n) is 2.52. The van der Waals surface area contributed by atoms with Crippen molar-refractivity contribution >= 4 is 23.1 Å². The molecule has 0 atom stereocenters. The number of hydrogen-bond acceptors (Lipinski definition) is 4. The first-order valence-corrected chi connectivity index (χ1v) is 7.76. The van der Waals surface area contributed by atoms with Gasteiger partial charge in [-0.2, -0.15) is 0 Å². The lowest BCUT2D eigenvalue weighted by Crippen LogP contribution is -2.44. The maximum atomic E-state index is 4.52. The Morgan fingerprint density at radius 2 is 2.05 bits per heavy atom. The van der Waals surface area contributed by atoms with Gasteiger partial charge in [0.05, 0.1) is 5.69 Å². The van der Waals surface area contributed by atoms with Crippen LogP contribution < -0.4 is 4.90 Å². The quantitative estimate of drug-likeness (QED) is 0.863. The molecule has 0 amide bonds. The van der Waals surface area contributed by atoms with Crippen LogP contribution in [0.15, 0.2) is 36.4 Å². The van der Waals surface area contributed by atoms with E-state index in [9.17, 15) is 0 Å². The number of thiophene rings is 1. The molecule has 2 aromatic rings. The molecule has 0 unspecified atom stereocenters. The molecule has 0 spiro atoms. The number of aromatic nitrogens is 1. The maximum absolute atomic E-state index is 4.52. The van der Waals surface area contributed by atoms with Crippen molar-refractivity contribution < 1.29 is 0 Å². The summed E-state index contributed by atoms with van der Waals surface area (Å²) in [6.45, 7) is 8.28. The van der Waals surface area contributed by atoms with E-state index in [4.69, 9.17) is 0 Å². The normalized spacial score (nSPS) is 16.4. The van der Waals surface area contributed by atoms with Gasteiger partial charge >= 0.3 is 0 Å². The molecule has 2 aromatic heterocycles. The van der Waals surface area contributed by atoms with Crippen LogP contribution in [-0.2, 0) is 0 Å². The molecule has 104 valence electrons. The van der Waals surface area contributed by atoms with E-state index in [-0.39, 0.29) is 0 Å². The molecular weight excluding hydrogens is 266 g/mol. The molecule has 3 rings (SSSR count). The third-order valence-corrected chi connectivity index (χ3v) is 4.68. The van der Waals surface area contributed by atoms with Crippen molar-refractivity contribution in [1.29, 1.82) is 0 Å². The minimum Gasteiger partial charge on any atom is -0.369 e. The molecular formula is C16H19N3S. The average molecular weight is 285 g/mol. The highest BCUT2D eigenvalue weighted by molar-refractivity contribution is 7.11. The fourth-order valence-corrected chi connectivity index (χ4v) is 3.27. The summed E-state index contributed by atoms with van der Waals surface area (Å²) in [4.78, 5) is 10.5. The summed E-state index contributed by atoms with van der Waals surface area (Å²) in [5.41, 5.74) is 3.49. The van der Waals surface area contributed by atoms with E-state index >= 15 is 0 Å². The number of likely N-dealkylation sites (N-methyl/N-ethyl adjacent to an activating group) is 1. The van der Waals surface area contributed by atoms with E-state index in [1.807, 2.05) is 12.3 Å². The first kappa shape index (κ1) is 13.3. The van der Waals surface area contributed by atoms with Crippen LogP contribution in [0.2, 0.25) is 0 Å². The Morgan fingerprint density at radius 1 is 1.25 bits per heavy atom. The summed E-state index contributed by atoms with van der Waals surface area (Å²) >= 11 is 1.71. The van der Waals surface area contributed by atoms with Crippen molar-refractivity contribution in [3.05, 3.63) is 41.2 Å². The predicted molar refractivity (Wildman–Crippen MR) is 87.4 cm³/mol. The number of nitrogens with zero attached hydrogens (tertiary/aromatic N) is 3. The van der Waals surface area contributed by atoms with E-state index < -0.39 is 0 Å². The topological polar surface area (TPSA) is 19.4 Å². The lowest BCUT2D eigenvalue weighted by molar-refractivity contribution is 0.313. The van der Waals surface area contributed by atoms with Crippen molar-refractivity contribution in [2.75, 3.05) is 38.1 Å². The zero-order valence-electron chi connectivity index (χ0n) is 11.7. The summed E-state index contributed by atoms with van der Waals surface area (Å²) in [6, 6.07) is 6.42. The number of hydrogen-bond donors (Lipinski definition) is 0. The highest BCUT2D eigenvalue weighted by Crippen LogP contribution is 2.30. The van der Waals surface area contributed by atoms with Crippen molar-refractivity contribution in [2.24, 2.45) is 0 Å². The molecule has 3 nitrogen and oxygen atoms in total. The summed E-state index contributed by atoms with van der Waals surface area (Å²) in [7, 11) is 2.18. The van der Waals surface area contributed by atoms with E-state index in [0.717, 1.165) is 31.9 Å². The summed E-state index contributed by atoms with van der Waals surface area (Å²) in [6.07, 6.45) is 3.82. The van der Waals surface area contributed by atoms with Gasteiger partial charge < -0.3 is 9.80 Å². The lowest BCUT2D eigenvalue weighted by atomic mass is 10.1. The van der Waals surface area contributed by atoms with Crippen LogP contribution in [0, 0.1) is 0 Å².